The molecule has 18 heteroatoms. The molecular formula is C44H56S18. The van der Waals surface area contributed by atoms with Gasteiger partial charge in [-0.1, -0.05) is 220 Å². The second-order valence-electron chi connectivity index (χ2n) is 13.8. The fourth-order valence-corrected chi connectivity index (χ4v) is 30.3. The summed E-state index contributed by atoms with van der Waals surface area (Å²) >= 11 is 35.9. The van der Waals surface area contributed by atoms with Crippen molar-refractivity contribution in [3.05, 3.63) is 106 Å². The monoisotopic (exact) mass is 1160 g/mol. The van der Waals surface area contributed by atoms with E-state index in [2.05, 4.69) is 122 Å². The van der Waals surface area contributed by atoms with Crippen LogP contribution < -0.4 is 0 Å². The maximum Gasteiger partial charge on any atom is 0.0717 e. The Morgan fingerprint density at radius 2 is 0.661 bits per heavy atom. The maximum atomic E-state index is 2.40. The van der Waals surface area contributed by atoms with Crippen molar-refractivity contribution in [2.75, 3.05) is 35.5 Å². The molecular weight excluding hydrogens is 1110 g/mol. The Bertz CT molecular complexity index is 1740. The van der Waals surface area contributed by atoms with Gasteiger partial charge in [0.05, 0.1) is 50.8 Å². The lowest BCUT2D eigenvalue weighted by Crippen LogP contribution is -1.82. The minimum Gasteiger partial charge on any atom is -0.121 e. The van der Waals surface area contributed by atoms with Gasteiger partial charge in [0.2, 0.25) is 0 Å². The van der Waals surface area contributed by atoms with E-state index >= 15 is 0 Å². The molecule has 0 aromatic heterocycles. The smallest absolute Gasteiger partial charge is 0.0717 e. The van der Waals surface area contributed by atoms with Crippen molar-refractivity contribution in [2.24, 2.45) is 0 Å². The molecule has 6 aliphatic rings. The quantitative estimate of drug-likeness (QED) is 0.0754. The van der Waals surface area contributed by atoms with E-state index in [9.17, 15) is 0 Å². The zero-order valence-corrected chi connectivity index (χ0v) is 50.8. The lowest BCUT2D eigenvalue weighted by Gasteiger charge is -2.04. The Balaban J connectivity index is 1.13. The maximum absolute atomic E-state index is 2.40. The van der Waals surface area contributed by atoms with Crippen LogP contribution in [0.15, 0.2) is 106 Å². The summed E-state index contributed by atoms with van der Waals surface area (Å²) in [5.41, 5.74) is 0. The van der Waals surface area contributed by atoms with E-state index in [0.29, 0.717) is 0 Å². The molecule has 6 heterocycles. The van der Waals surface area contributed by atoms with Crippen molar-refractivity contribution < 1.29 is 0 Å². The van der Waals surface area contributed by atoms with Crippen molar-refractivity contribution >= 4 is 212 Å². The van der Waals surface area contributed by atoms with Crippen molar-refractivity contribution in [3.8, 4) is 0 Å². The summed E-state index contributed by atoms with van der Waals surface area (Å²) in [5.74, 6) is 4.93. The normalized spacial score (nSPS) is 20.0. The molecule has 0 N–H and O–H groups in total. The number of hydrogen-bond donors (Lipinski definition) is 0. The first-order valence-corrected chi connectivity index (χ1v) is 37.5. The molecule has 0 aromatic rings. The summed E-state index contributed by atoms with van der Waals surface area (Å²) < 4.78 is 17.8. The van der Waals surface area contributed by atoms with Crippen molar-refractivity contribution in [3.63, 3.8) is 0 Å². The van der Waals surface area contributed by atoms with Crippen molar-refractivity contribution in [2.45, 2.75) is 105 Å². The SMILES string of the molecule is CCCCCSC1=C(SCCCCC)SC(=C2SC=C(/C=C/C3=C(/C=C/C4=CSC(=C5SC(SCCCCC)=C(SCCCCC)S5)S4)SC(=C4SC(SC)=C(SC)S4)S3)S2)S1. The molecule has 0 aliphatic carbocycles. The Hall–Kier alpha value is 3.44. The number of thioether (sulfide) groups is 18. The number of rotatable bonds is 26. The van der Waals surface area contributed by atoms with Crippen LogP contribution in [-0.4, -0.2) is 35.5 Å². The molecule has 0 fully saturated rings. The van der Waals surface area contributed by atoms with Gasteiger partial charge in [-0.05, 0) is 96.3 Å². The summed E-state index contributed by atoms with van der Waals surface area (Å²) in [4.78, 5) is 5.39. The zero-order valence-electron chi connectivity index (χ0n) is 36.1. The van der Waals surface area contributed by atoms with Crippen LogP contribution in [0.2, 0.25) is 0 Å². The first-order valence-electron chi connectivity index (χ1n) is 21.1. The third kappa shape index (κ3) is 17.3. The Morgan fingerprint density at radius 3 is 0.984 bits per heavy atom. The van der Waals surface area contributed by atoms with Crippen LogP contribution in [0.1, 0.15) is 105 Å². The van der Waals surface area contributed by atoms with Crippen LogP contribution in [0.3, 0.4) is 0 Å². The third-order valence-electron chi connectivity index (χ3n) is 8.84. The van der Waals surface area contributed by atoms with Gasteiger partial charge in [-0.2, -0.15) is 0 Å². The molecule has 0 atom stereocenters. The van der Waals surface area contributed by atoms with E-state index in [1.807, 2.05) is 165 Å². The fourth-order valence-electron chi connectivity index (χ4n) is 5.55. The Labute approximate surface area is 451 Å². The molecule has 6 aliphatic heterocycles. The van der Waals surface area contributed by atoms with Crippen LogP contribution in [0.4, 0.5) is 0 Å². The van der Waals surface area contributed by atoms with Gasteiger partial charge in [0.1, 0.15) is 0 Å². The molecule has 0 nitrogen and oxygen atoms in total. The largest absolute Gasteiger partial charge is 0.121 e. The molecule has 0 radical (unpaired) electrons. The fraction of sp³-hybridized carbons (Fsp3) is 0.500. The molecule has 0 bridgehead atoms. The highest BCUT2D eigenvalue weighted by Gasteiger charge is 2.31. The van der Waals surface area contributed by atoms with Gasteiger partial charge in [-0.3, -0.25) is 0 Å². The van der Waals surface area contributed by atoms with Crippen molar-refractivity contribution in [1.82, 2.24) is 0 Å². The molecule has 0 amide bonds. The predicted octanol–water partition coefficient (Wildman–Crippen LogP) is 23.1. The lowest BCUT2D eigenvalue weighted by molar-refractivity contribution is 0.779. The third-order valence-corrected chi connectivity index (χ3v) is 34.3. The van der Waals surface area contributed by atoms with Gasteiger partial charge in [-0.15, -0.1) is 70.6 Å². The average molecular weight is 1160 g/mol. The minimum absolute atomic E-state index is 1.23. The first-order chi connectivity index (χ1) is 30.5. The summed E-state index contributed by atoms with van der Waals surface area (Å²) in [6.45, 7) is 9.21. The molecule has 0 saturated carbocycles. The Morgan fingerprint density at radius 1 is 0.355 bits per heavy atom. The van der Waals surface area contributed by atoms with Crippen LogP contribution in [0.5, 0.6) is 0 Å². The molecule has 0 saturated heterocycles. The predicted molar refractivity (Wildman–Crippen MR) is 330 cm³/mol. The van der Waals surface area contributed by atoms with Gasteiger partial charge in [0.25, 0.3) is 0 Å². The molecule has 340 valence electrons. The van der Waals surface area contributed by atoms with Crippen molar-refractivity contribution in [1.29, 1.82) is 0 Å². The van der Waals surface area contributed by atoms with Crippen LogP contribution in [-0.2, 0) is 0 Å². The van der Waals surface area contributed by atoms with E-state index in [-0.39, 0.29) is 0 Å². The summed E-state index contributed by atoms with van der Waals surface area (Å²) in [6.07, 6.45) is 29.7. The van der Waals surface area contributed by atoms with E-state index in [0.717, 1.165) is 0 Å². The molecule has 62 heavy (non-hydrogen) atoms. The number of unbranched alkanes of at least 4 members (excludes halogenated alkanes) is 8. The molecule has 0 spiro atoms. The van der Waals surface area contributed by atoms with Gasteiger partial charge in [-0.25, -0.2) is 0 Å². The average Bonchev–Trinajstić information content (AvgIpc) is 4.15. The summed E-state index contributed by atoms with van der Waals surface area (Å²) in [7, 11) is 0. The van der Waals surface area contributed by atoms with Gasteiger partial charge in [0.15, 0.2) is 0 Å². The van der Waals surface area contributed by atoms with Gasteiger partial charge < -0.3 is 0 Å². The molecule has 0 unspecified atom stereocenters. The highest BCUT2D eigenvalue weighted by atomic mass is 32.3. The van der Waals surface area contributed by atoms with E-state index < -0.39 is 0 Å². The summed E-state index contributed by atoms with van der Waals surface area (Å²) in [6, 6.07) is 0. The van der Waals surface area contributed by atoms with Crippen LogP contribution in [0, 0.1) is 0 Å². The second kappa shape index (κ2) is 31.0. The standard InChI is InChI=1S/C44H56S18/c1-7-11-15-23-47-35-36(48-24-16-12-8-2)60-41(59-35)39-51-27-29(53-39)19-21-31-32(56-43(55-31)44-57-33(45-5)34(46-6)58-44)22-20-30-28-52-40(54-30)42-61-37(49-25-17-13-9-3)38(62-42)50-26-18-14-10-4/h19-22,27-28H,7-18,23-26H2,1-6H3/b21-19+,22-20+. The van der Waals surface area contributed by atoms with E-state index in [4.69, 9.17) is 0 Å². The van der Waals surface area contributed by atoms with Gasteiger partial charge >= 0.3 is 0 Å². The summed E-state index contributed by atoms with van der Waals surface area (Å²) in [5, 5.41) is 4.75. The van der Waals surface area contributed by atoms with Crippen LogP contribution >= 0.6 is 212 Å². The number of allylic oxidation sites excluding steroid dienone is 4. The zero-order chi connectivity index (χ0) is 43.5. The lowest BCUT2D eigenvalue weighted by atomic mass is 10.3. The minimum atomic E-state index is 1.23. The second-order valence-corrected chi connectivity index (χ2v) is 35.1. The van der Waals surface area contributed by atoms with Gasteiger partial charge in [0, 0.05) is 19.6 Å². The molecule has 6 rings (SSSR count). The highest BCUT2D eigenvalue weighted by Crippen LogP contribution is 2.66. The van der Waals surface area contributed by atoms with E-state index in [1.54, 1.807) is 16.9 Å². The molecule has 0 aromatic carbocycles. The van der Waals surface area contributed by atoms with E-state index in [1.165, 1.54) is 154 Å². The number of hydrogen-bond acceptors (Lipinski definition) is 18. The Kier molecular flexibility index (Phi) is 27.4. The first kappa shape index (κ1) is 54.8. The van der Waals surface area contributed by atoms with Crippen LogP contribution in [0.25, 0.3) is 0 Å². The highest BCUT2D eigenvalue weighted by molar-refractivity contribution is 8.44. The topological polar surface area (TPSA) is 0 Å².